The van der Waals surface area contributed by atoms with Crippen LogP contribution in [0.3, 0.4) is 0 Å². The maximum Gasteiger partial charge on any atom is 0.246 e. The molecule has 0 bridgehead atoms. The van der Waals surface area contributed by atoms with E-state index in [-0.39, 0.29) is 19.2 Å². The average Bonchev–Trinajstić information content (AvgIpc) is 3.23. The Balaban J connectivity index is 1.50. The van der Waals surface area contributed by atoms with Crippen molar-refractivity contribution in [3.05, 3.63) is 30.1 Å². The second-order valence-electron chi connectivity index (χ2n) is 5.58. The molecular formula is C16H17N5O3. The van der Waals surface area contributed by atoms with Crippen LogP contribution in [0, 0.1) is 6.92 Å². The molecule has 0 aliphatic carbocycles. The van der Waals surface area contributed by atoms with Crippen LogP contribution >= 0.6 is 0 Å². The lowest BCUT2D eigenvalue weighted by Crippen LogP contribution is -2.19. The zero-order chi connectivity index (χ0) is 16.7. The van der Waals surface area contributed by atoms with Crippen LogP contribution in [0.1, 0.15) is 12.6 Å². The van der Waals surface area contributed by atoms with Gasteiger partial charge in [0.15, 0.2) is 11.5 Å². The third kappa shape index (κ3) is 2.45. The molecule has 8 nitrogen and oxygen atoms in total. The summed E-state index contributed by atoms with van der Waals surface area (Å²) in [6.07, 6.45) is 1.85. The van der Waals surface area contributed by atoms with Gasteiger partial charge in [-0.1, -0.05) is 0 Å². The van der Waals surface area contributed by atoms with Crippen LogP contribution in [0.4, 0.5) is 5.69 Å². The van der Waals surface area contributed by atoms with Gasteiger partial charge >= 0.3 is 0 Å². The van der Waals surface area contributed by atoms with Crippen molar-refractivity contribution in [2.24, 2.45) is 0 Å². The van der Waals surface area contributed by atoms with Crippen LogP contribution in [-0.4, -0.2) is 32.3 Å². The Morgan fingerprint density at radius 3 is 2.96 bits per heavy atom. The fourth-order valence-electron chi connectivity index (χ4n) is 2.78. The van der Waals surface area contributed by atoms with E-state index in [4.69, 9.17) is 9.47 Å². The van der Waals surface area contributed by atoms with Crippen LogP contribution in [0.2, 0.25) is 0 Å². The second-order valence-corrected chi connectivity index (χ2v) is 5.58. The highest BCUT2D eigenvalue weighted by molar-refractivity contribution is 5.91. The highest BCUT2D eigenvalue weighted by Crippen LogP contribution is 2.34. The summed E-state index contributed by atoms with van der Waals surface area (Å²) in [7, 11) is 0. The number of hydrogen-bond acceptors (Lipinski definition) is 5. The molecule has 1 aliphatic heterocycles. The number of carbonyl (C=O) groups excluding carboxylic acids is 1. The van der Waals surface area contributed by atoms with E-state index in [1.807, 2.05) is 24.7 Å². The van der Waals surface area contributed by atoms with Crippen molar-refractivity contribution in [3.63, 3.8) is 0 Å². The topological polar surface area (TPSA) is 83.2 Å². The number of aromatic nitrogens is 4. The molecule has 0 fully saturated rings. The van der Waals surface area contributed by atoms with E-state index in [1.54, 1.807) is 22.9 Å². The first-order valence-corrected chi connectivity index (χ1v) is 7.74. The van der Waals surface area contributed by atoms with Crippen LogP contribution in [-0.2, 0) is 17.9 Å². The standard InChI is InChI=1S/C16H17N5O3/c1-3-21-12-7-20(19-16(12)10(2)18-21)8-15(22)17-11-4-5-13-14(6-11)24-9-23-13/h4-7H,3,8-9H2,1-2H3,(H,17,22). The molecule has 1 amide bonds. The van der Waals surface area contributed by atoms with Crippen molar-refractivity contribution in [2.45, 2.75) is 26.9 Å². The van der Waals surface area contributed by atoms with Crippen molar-refractivity contribution >= 4 is 22.6 Å². The summed E-state index contributed by atoms with van der Waals surface area (Å²) in [4.78, 5) is 12.3. The summed E-state index contributed by atoms with van der Waals surface area (Å²) in [6.45, 7) is 5.04. The van der Waals surface area contributed by atoms with Crippen molar-refractivity contribution in [1.29, 1.82) is 0 Å². The highest BCUT2D eigenvalue weighted by atomic mass is 16.7. The molecule has 8 heteroatoms. The Kier molecular flexibility index (Phi) is 3.37. The third-order valence-electron chi connectivity index (χ3n) is 3.90. The number of rotatable bonds is 4. The van der Waals surface area contributed by atoms with Crippen molar-refractivity contribution < 1.29 is 14.3 Å². The fourth-order valence-corrected chi connectivity index (χ4v) is 2.78. The number of amides is 1. The van der Waals surface area contributed by atoms with E-state index in [0.29, 0.717) is 17.2 Å². The van der Waals surface area contributed by atoms with Crippen molar-refractivity contribution in [2.75, 3.05) is 12.1 Å². The summed E-state index contributed by atoms with van der Waals surface area (Å²) >= 11 is 0. The summed E-state index contributed by atoms with van der Waals surface area (Å²) in [6, 6.07) is 5.31. The molecule has 0 radical (unpaired) electrons. The predicted molar refractivity (Wildman–Crippen MR) is 87.1 cm³/mol. The maximum atomic E-state index is 12.3. The molecule has 3 heterocycles. The summed E-state index contributed by atoms with van der Waals surface area (Å²) in [5.74, 6) is 1.16. The largest absolute Gasteiger partial charge is 0.454 e. The molecule has 1 N–H and O–H groups in total. The molecule has 1 aliphatic rings. The predicted octanol–water partition coefficient (Wildman–Crippen LogP) is 1.93. The maximum absolute atomic E-state index is 12.3. The molecule has 1 aromatic carbocycles. The van der Waals surface area contributed by atoms with E-state index in [9.17, 15) is 4.79 Å². The average molecular weight is 327 g/mol. The molecule has 0 saturated carbocycles. The van der Waals surface area contributed by atoms with Crippen molar-refractivity contribution in [3.8, 4) is 11.5 Å². The van der Waals surface area contributed by atoms with Gasteiger partial charge < -0.3 is 14.8 Å². The zero-order valence-corrected chi connectivity index (χ0v) is 13.4. The SMILES string of the molecule is CCn1nc(C)c2nn(CC(=O)Nc3ccc4c(c3)OCO4)cc21. The summed E-state index contributed by atoms with van der Waals surface area (Å²) in [5.41, 5.74) is 3.29. The second kappa shape index (κ2) is 5.55. The van der Waals surface area contributed by atoms with Crippen molar-refractivity contribution in [1.82, 2.24) is 19.6 Å². The van der Waals surface area contributed by atoms with E-state index >= 15 is 0 Å². The number of ether oxygens (including phenoxy) is 2. The quantitative estimate of drug-likeness (QED) is 0.791. The number of benzene rings is 1. The Labute approximate surface area is 138 Å². The molecule has 4 rings (SSSR count). The minimum absolute atomic E-state index is 0.131. The van der Waals surface area contributed by atoms with E-state index < -0.39 is 0 Å². The van der Waals surface area contributed by atoms with E-state index in [2.05, 4.69) is 15.5 Å². The Morgan fingerprint density at radius 2 is 2.12 bits per heavy atom. The number of fused-ring (bicyclic) bond motifs is 2. The first-order chi connectivity index (χ1) is 11.6. The molecule has 0 saturated heterocycles. The highest BCUT2D eigenvalue weighted by Gasteiger charge is 2.15. The summed E-state index contributed by atoms with van der Waals surface area (Å²) in [5, 5.41) is 11.7. The molecular weight excluding hydrogens is 310 g/mol. The van der Waals surface area contributed by atoms with Gasteiger partial charge in [-0.15, -0.1) is 0 Å². The van der Waals surface area contributed by atoms with Gasteiger partial charge in [0.25, 0.3) is 0 Å². The molecule has 24 heavy (non-hydrogen) atoms. The lowest BCUT2D eigenvalue weighted by Gasteiger charge is -2.06. The van der Waals surface area contributed by atoms with Gasteiger partial charge in [-0.05, 0) is 26.0 Å². The van der Waals surface area contributed by atoms with Crippen LogP contribution in [0.5, 0.6) is 11.5 Å². The van der Waals surface area contributed by atoms with Crippen LogP contribution < -0.4 is 14.8 Å². The van der Waals surface area contributed by atoms with Gasteiger partial charge in [0, 0.05) is 18.3 Å². The minimum atomic E-state index is -0.160. The van der Waals surface area contributed by atoms with Gasteiger partial charge in [-0.3, -0.25) is 14.2 Å². The first kappa shape index (κ1) is 14.6. The number of carbonyl (C=O) groups is 1. The number of nitrogens with one attached hydrogen (secondary N) is 1. The third-order valence-corrected chi connectivity index (χ3v) is 3.90. The molecule has 0 atom stereocenters. The minimum Gasteiger partial charge on any atom is -0.454 e. The molecule has 3 aromatic rings. The molecule has 2 aromatic heterocycles. The van der Waals surface area contributed by atoms with Gasteiger partial charge in [-0.25, -0.2) is 0 Å². The van der Waals surface area contributed by atoms with Gasteiger partial charge in [0.2, 0.25) is 12.7 Å². The Bertz CT molecular complexity index is 927. The first-order valence-electron chi connectivity index (χ1n) is 7.74. The lowest BCUT2D eigenvalue weighted by atomic mass is 10.3. The lowest BCUT2D eigenvalue weighted by molar-refractivity contribution is -0.116. The normalized spacial score (nSPS) is 12.8. The van der Waals surface area contributed by atoms with Gasteiger partial charge in [-0.2, -0.15) is 10.2 Å². The summed E-state index contributed by atoms with van der Waals surface area (Å²) < 4.78 is 14.1. The zero-order valence-electron chi connectivity index (χ0n) is 13.4. The van der Waals surface area contributed by atoms with E-state index in [0.717, 1.165) is 23.3 Å². The van der Waals surface area contributed by atoms with Crippen LogP contribution in [0.25, 0.3) is 11.0 Å². The Hall–Kier alpha value is -3.03. The van der Waals surface area contributed by atoms with Gasteiger partial charge in [0.1, 0.15) is 17.6 Å². The number of anilines is 1. The van der Waals surface area contributed by atoms with Crippen LogP contribution in [0.15, 0.2) is 24.4 Å². The molecule has 0 spiro atoms. The smallest absolute Gasteiger partial charge is 0.246 e. The van der Waals surface area contributed by atoms with Gasteiger partial charge in [0.05, 0.1) is 11.9 Å². The monoisotopic (exact) mass is 327 g/mol. The number of aryl methyl sites for hydroxylation is 2. The number of hydrogen-bond donors (Lipinski definition) is 1. The number of nitrogens with zero attached hydrogens (tertiary/aromatic N) is 4. The fraction of sp³-hybridized carbons (Fsp3) is 0.312. The molecule has 124 valence electrons. The molecule has 0 unspecified atom stereocenters. The Morgan fingerprint density at radius 1 is 1.29 bits per heavy atom. The van der Waals surface area contributed by atoms with E-state index in [1.165, 1.54) is 0 Å².